The second kappa shape index (κ2) is 7.44. The first-order valence-corrected chi connectivity index (χ1v) is 7.65. The highest BCUT2D eigenvalue weighted by Gasteiger charge is 2.12. The first-order valence-electron chi connectivity index (χ1n) is 7.65. The van der Waals surface area contributed by atoms with Crippen LogP contribution in [0.4, 0.5) is 0 Å². The van der Waals surface area contributed by atoms with Gasteiger partial charge in [0.25, 0.3) is 0 Å². The highest BCUT2D eigenvalue weighted by atomic mass is 16.5. The number of esters is 1. The van der Waals surface area contributed by atoms with Crippen LogP contribution in [0.5, 0.6) is 5.75 Å². The van der Waals surface area contributed by atoms with Gasteiger partial charge in [-0.1, -0.05) is 30.3 Å². The molecule has 2 aromatic carbocycles. The molecule has 0 saturated carbocycles. The predicted molar refractivity (Wildman–Crippen MR) is 91.0 cm³/mol. The number of fused-ring (bicyclic) bond motifs is 1. The van der Waals surface area contributed by atoms with E-state index >= 15 is 0 Å². The summed E-state index contributed by atoms with van der Waals surface area (Å²) < 4.78 is 10.1. The van der Waals surface area contributed by atoms with Crippen LogP contribution >= 0.6 is 0 Å². The Morgan fingerprint density at radius 1 is 1.00 bits per heavy atom. The van der Waals surface area contributed by atoms with E-state index in [9.17, 15) is 14.4 Å². The molecule has 1 aromatic heterocycles. The Morgan fingerprint density at radius 3 is 2.56 bits per heavy atom. The van der Waals surface area contributed by atoms with Crippen molar-refractivity contribution < 1.29 is 18.7 Å². The monoisotopic (exact) mass is 337 g/mol. The van der Waals surface area contributed by atoms with Crippen molar-refractivity contribution >= 4 is 22.8 Å². The highest BCUT2D eigenvalue weighted by Crippen LogP contribution is 2.19. The van der Waals surface area contributed by atoms with Crippen LogP contribution in [0.25, 0.3) is 11.0 Å². The molecule has 6 nitrogen and oxygen atoms in total. The Balaban J connectivity index is 1.56. The molecule has 0 radical (unpaired) electrons. The van der Waals surface area contributed by atoms with E-state index in [1.807, 2.05) is 30.3 Å². The fourth-order valence-electron chi connectivity index (χ4n) is 2.26. The highest BCUT2D eigenvalue weighted by molar-refractivity contribution is 5.95. The lowest BCUT2D eigenvalue weighted by molar-refractivity contribution is -0.138. The normalized spacial score (nSPS) is 10.4. The summed E-state index contributed by atoms with van der Waals surface area (Å²) in [6.45, 7) is 0.341. The summed E-state index contributed by atoms with van der Waals surface area (Å²) in [5.74, 6) is -0.910. The molecule has 0 spiro atoms. The maximum atomic E-state index is 11.9. The fraction of sp³-hybridized carbons (Fsp3) is 0.105. The summed E-state index contributed by atoms with van der Waals surface area (Å²) in [7, 11) is 0. The second-order valence-electron chi connectivity index (χ2n) is 5.37. The number of ether oxygens (including phenoxy) is 1. The Hall–Kier alpha value is -3.41. The lowest BCUT2D eigenvalue weighted by atomic mass is 10.2. The van der Waals surface area contributed by atoms with Gasteiger partial charge in [0.05, 0.1) is 0 Å². The van der Waals surface area contributed by atoms with Gasteiger partial charge in [-0.2, -0.15) is 0 Å². The molecule has 1 heterocycles. The van der Waals surface area contributed by atoms with E-state index in [1.165, 1.54) is 12.1 Å². The Bertz CT molecular complexity index is 962. The van der Waals surface area contributed by atoms with Crippen molar-refractivity contribution in [1.29, 1.82) is 0 Å². The number of benzene rings is 2. The van der Waals surface area contributed by atoms with Crippen LogP contribution in [0, 0.1) is 0 Å². The van der Waals surface area contributed by atoms with Crippen molar-refractivity contribution in [3.8, 4) is 5.75 Å². The largest absolute Gasteiger partial charge is 0.426 e. The molecule has 1 amide bonds. The average molecular weight is 337 g/mol. The second-order valence-corrected chi connectivity index (χ2v) is 5.37. The molecule has 0 bridgehead atoms. The topological polar surface area (TPSA) is 85.6 Å². The third-order valence-corrected chi connectivity index (χ3v) is 3.46. The molecule has 0 saturated heterocycles. The number of rotatable bonds is 5. The minimum absolute atomic E-state index is 0.211. The van der Waals surface area contributed by atoms with Crippen LogP contribution < -0.4 is 15.7 Å². The van der Waals surface area contributed by atoms with E-state index in [2.05, 4.69) is 5.32 Å². The van der Waals surface area contributed by atoms with E-state index in [1.54, 1.807) is 18.2 Å². The lowest BCUT2D eigenvalue weighted by Gasteiger charge is -2.06. The fourth-order valence-corrected chi connectivity index (χ4v) is 2.26. The van der Waals surface area contributed by atoms with Crippen LogP contribution in [0.3, 0.4) is 0 Å². The van der Waals surface area contributed by atoms with Gasteiger partial charge < -0.3 is 14.5 Å². The molecule has 3 aromatic rings. The van der Waals surface area contributed by atoms with Crippen LogP contribution in [-0.2, 0) is 16.1 Å². The number of nitrogens with one attached hydrogen (secondary N) is 1. The third kappa shape index (κ3) is 4.54. The van der Waals surface area contributed by atoms with Gasteiger partial charge in [0.2, 0.25) is 5.91 Å². The Labute approximate surface area is 143 Å². The zero-order valence-corrected chi connectivity index (χ0v) is 13.2. The number of hydrogen-bond acceptors (Lipinski definition) is 5. The number of amides is 1. The SMILES string of the molecule is O=C(CC(=O)Oc1ccc2ccc(=O)oc2c1)NCc1ccccc1. The van der Waals surface area contributed by atoms with Crippen LogP contribution in [0.1, 0.15) is 12.0 Å². The van der Waals surface area contributed by atoms with Crippen LogP contribution in [-0.4, -0.2) is 11.9 Å². The quantitative estimate of drug-likeness (QED) is 0.334. The van der Waals surface area contributed by atoms with Gasteiger partial charge in [0, 0.05) is 24.1 Å². The molecule has 6 heteroatoms. The molecule has 1 N–H and O–H groups in total. The molecular formula is C19H15NO5. The molecule has 0 unspecified atom stereocenters. The van der Waals surface area contributed by atoms with Gasteiger partial charge in [-0.25, -0.2) is 4.79 Å². The van der Waals surface area contributed by atoms with E-state index in [0.29, 0.717) is 17.5 Å². The molecule has 3 rings (SSSR count). The smallest absolute Gasteiger partial charge is 0.336 e. The predicted octanol–water partition coefficient (Wildman–Crippen LogP) is 2.40. The van der Waals surface area contributed by atoms with Crippen molar-refractivity contribution in [3.05, 3.63) is 76.6 Å². The molecule has 126 valence electrons. The van der Waals surface area contributed by atoms with Gasteiger partial charge >= 0.3 is 11.6 Å². The molecule has 0 aliphatic carbocycles. The van der Waals surface area contributed by atoms with E-state index in [4.69, 9.17) is 9.15 Å². The first kappa shape index (κ1) is 16.4. The molecule has 0 aliphatic rings. The summed E-state index contributed by atoms with van der Waals surface area (Å²) in [5, 5.41) is 3.36. The number of carbonyl (C=O) groups is 2. The molecule has 0 atom stereocenters. The first-order chi connectivity index (χ1) is 12.1. The average Bonchev–Trinajstić information content (AvgIpc) is 2.60. The Morgan fingerprint density at radius 2 is 1.76 bits per heavy atom. The van der Waals surface area contributed by atoms with Crippen LogP contribution in [0.15, 0.2) is 69.9 Å². The summed E-state index contributed by atoms with van der Waals surface area (Å²) in [4.78, 5) is 34.9. The van der Waals surface area contributed by atoms with Crippen molar-refractivity contribution in [3.63, 3.8) is 0 Å². The molecule has 0 aliphatic heterocycles. The molecular weight excluding hydrogens is 322 g/mol. The molecule has 25 heavy (non-hydrogen) atoms. The van der Waals surface area contributed by atoms with Gasteiger partial charge in [-0.15, -0.1) is 0 Å². The van der Waals surface area contributed by atoms with E-state index < -0.39 is 23.9 Å². The number of carbonyl (C=O) groups excluding carboxylic acids is 2. The minimum Gasteiger partial charge on any atom is -0.426 e. The van der Waals surface area contributed by atoms with E-state index in [-0.39, 0.29) is 5.75 Å². The van der Waals surface area contributed by atoms with E-state index in [0.717, 1.165) is 5.56 Å². The maximum absolute atomic E-state index is 11.9. The van der Waals surface area contributed by atoms with Gasteiger partial charge in [-0.3, -0.25) is 9.59 Å². The lowest BCUT2D eigenvalue weighted by Crippen LogP contribution is -2.26. The van der Waals surface area contributed by atoms with Crippen LogP contribution in [0.2, 0.25) is 0 Å². The van der Waals surface area contributed by atoms with Crippen molar-refractivity contribution in [2.75, 3.05) is 0 Å². The summed E-state index contributed by atoms with van der Waals surface area (Å²) in [6, 6.07) is 17.0. The zero-order valence-electron chi connectivity index (χ0n) is 13.2. The summed E-state index contributed by atoms with van der Waals surface area (Å²) in [5.41, 5.74) is 0.761. The summed E-state index contributed by atoms with van der Waals surface area (Å²) in [6.07, 6.45) is -0.399. The standard InChI is InChI=1S/C19H15NO5/c21-17(20-12-13-4-2-1-3-5-13)11-19(23)24-15-8-6-14-7-9-18(22)25-16(14)10-15/h1-10H,11-12H2,(H,20,21). The minimum atomic E-state index is -0.691. The van der Waals surface area contributed by atoms with Crippen molar-refractivity contribution in [2.45, 2.75) is 13.0 Å². The number of hydrogen-bond donors (Lipinski definition) is 1. The third-order valence-electron chi connectivity index (χ3n) is 3.46. The Kier molecular flexibility index (Phi) is 4.89. The zero-order chi connectivity index (χ0) is 17.6. The van der Waals surface area contributed by atoms with Gasteiger partial charge in [-0.05, 0) is 23.8 Å². The maximum Gasteiger partial charge on any atom is 0.336 e. The van der Waals surface area contributed by atoms with Crippen molar-refractivity contribution in [2.24, 2.45) is 0 Å². The summed E-state index contributed by atoms with van der Waals surface area (Å²) >= 11 is 0. The van der Waals surface area contributed by atoms with Crippen molar-refractivity contribution in [1.82, 2.24) is 5.32 Å². The van der Waals surface area contributed by atoms with Gasteiger partial charge in [0.15, 0.2) is 0 Å². The molecule has 0 fully saturated rings. The van der Waals surface area contributed by atoms with Gasteiger partial charge in [0.1, 0.15) is 17.8 Å².